The maximum atomic E-state index is 13.2. The fourth-order valence-electron chi connectivity index (χ4n) is 3.67. The summed E-state index contributed by atoms with van der Waals surface area (Å²) < 4.78 is 7.10. The van der Waals surface area contributed by atoms with Crippen LogP contribution in [0.4, 0.5) is 5.69 Å². The Labute approximate surface area is 144 Å². The third kappa shape index (κ3) is 2.25. The molecule has 1 aliphatic heterocycles. The van der Waals surface area contributed by atoms with Gasteiger partial charge in [0.25, 0.3) is 11.5 Å². The molecule has 0 unspecified atom stereocenters. The molecule has 0 radical (unpaired) electrons. The number of pyridine rings is 1. The summed E-state index contributed by atoms with van der Waals surface area (Å²) in [7, 11) is 3.48. The number of aromatic nitrogens is 2. The van der Waals surface area contributed by atoms with Gasteiger partial charge in [0.05, 0.1) is 23.6 Å². The number of aryl methyl sites for hydroxylation is 2. The Bertz CT molecular complexity index is 1060. The number of methoxy groups -OCH3 is 1. The maximum Gasteiger partial charge on any atom is 0.260 e. The van der Waals surface area contributed by atoms with Gasteiger partial charge in [-0.15, -0.1) is 0 Å². The van der Waals surface area contributed by atoms with Gasteiger partial charge in [-0.2, -0.15) is 0 Å². The van der Waals surface area contributed by atoms with E-state index in [4.69, 9.17) is 4.74 Å². The number of ether oxygens (including phenoxy) is 1. The number of H-pyrrole nitrogens is 1. The maximum absolute atomic E-state index is 13.2. The number of carbonyl (C=O) groups excluding carboxylic acids is 1. The fraction of sp³-hybridized carbons (Fsp3) is 0.263. The standard InChI is InChI=1S/C19H19N3O3/c1-11-9-20-18(23)16-14(10-21(2)17(11)16)19(24)22-7-6-12-8-13(25-3)4-5-15(12)22/h4-5,8-10H,6-7H2,1-3H3,(H,20,23). The second-order valence-electron chi connectivity index (χ2n) is 6.38. The number of aromatic amines is 1. The fourth-order valence-corrected chi connectivity index (χ4v) is 3.67. The van der Waals surface area contributed by atoms with Gasteiger partial charge >= 0.3 is 0 Å². The summed E-state index contributed by atoms with van der Waals surface area (Å²) in [6.45, 7) is 2.52. The Hall–Kier alpha value is -3.02. The number of nitrogens with zero attached hydrogens (tertiary/aromatic N) is 2. The van der Waals surface area contributed by atoms with Crippen molar-refractivity contribution in [3.05, 3.63) is 57.6 Å². The molecular formula is C19H19N3O3. The number of benzene rings is 1. The van der Waals surface area contributed by atoms with E-state index in [0.29, 0.717) is 17.5 Å². The molecule has 0 spiro atoms. The minimum absolute atomic E-state index is 0.148. The molecule has 25 heavy (non-hydrogen) atoms. The zero-order chi connectivity index (χ0) is 17.7. The molecule has 1 amide bonds. The molecule has 6 heteroatoms. The third-order valence-corrected chi connectivity index (χ3v) is 4.86. The van der Waals surface area contributed by atoms with Gasteiger partial charge in [0, 0.05) is 31.7 Å². The minimum Gasteiger partial charge on any atom is -0.497 e. The average Bonchev–Trinajstić information content (AvgIpc) is 3.19. The molecule has 128 valence electrons. The minimum atomic E-state index is -0.237. The van der Waals surface area contributed by atoms with Crippen molar-refractivity contribution in [3.8, 4) is 5.75 Å². The molecule has 4 rings (SSSR count). The molecule has 0 saturated carbocycles. The van der Waals surface area contributed by atoms with Gasteiger partial charge in [-0.3, -0.25) is 9.59 Å². The van der Waals surface area contributed by atoms with Crippen LogP contribution in [-0.2, 0) is 13.5 Å². The van der Waals surface area contributed by atoms with E-state index in [9.17, 15) is 9.59 Å². The van der Waals surface area contributed by atoms with Crippen LogP contribution in [0.25, 0.3) is 10.9 Å². The lowest BCUT2D eigenvalue weighted by Gasteiger charge is -2.17. The largest absolute Gasteiger partial charge is 0.497 e. The highest BCUT2D eigenvalue weighted by Gasteiger charge is 2.29. The van der Waals surface area contributed by atoms with Crippen LogP contribution in [0, 0.1) is 6.92 Å². The molecule has 1 aromatic carbocycles. The van der Waals surface area contributed by atoms with Crippen molar-refractivity contribution in [2.45, 2.75) is 13.3 Å². The van der Waals surface area contributed by atoms with Crippen molar-refractivity contribution in [2.24, 2.45) is 7.05 Å². The number of hydrogen-bond donors (Lipinski definition) is 1. The van der Waals surface area contributed by atoms with Gasteiger partial charge in [0.2, 0.25) is 0 Å². The lowest BCUT2D eigenvalue weighted by Crippen LogP contribution is -2.29. The SMILES string of the molecule is COc1ccc2c(c1)CCN2C(=O)c1cn(C)c2c(C)c[nH]c(=O)c12. The van der Waals surface area contributed by atoms with Crippen molar-refractivity contribution < 1.29 is 9.53 Å². The Morgan fingerprint density at radius 2 is 2.12 bits per heavy atom. The molecular weight excluding hydrogens is 318 g/mol. The Morgan fingerprint density at radius 1 is 1.32 bits per heavy atom. The predicted molar refractivity (Wildman–Crippen MR) is 96.7 cm³/mol. The van der Waals surface area contributed by atoms with Crippen LogP contribution in [0.15, 0.2) is 35.4 Å². The number of rotatable bonds is 2. The van der Waals surface area contributed by atoms with E-state index in [2.05, 4.69) is 4.98 Å². The van der Waals surface area contributed by atoms with Gasteiger partial charge in [0.15, 0.2) is 0 Å². The van der Waals surface area contributed by atoms with Crippen LogP contribution < -0.4 is 15.2 Å². The topological polar surface area (TPSA) is 67.3 Å². The zero-order valence-electron chi connectivity index (χ0n) is 14.4. The number of amides is 1. The second kappa shape index (κ2) is 5.51. The first-order chi connectivity index (χ1) is 12.0. The van der Waals surface area contributed by atoms with Crippen molar-refractivity contribution in [3.63, 3.8) is 0 Å². The molecule has 3 heterocycles. The molecule has 3 aromatic rings. The van der Waals surface area contributed by atoms with Gasteiger partial charge < -0.3 is 19.2 Å². The molecule has 0 aliphatic carbocycles. The van der Waals surface area contributed by atoms with E-state index in [-0.39, 0.29) is 11.5 Å². The van der Waals surface area contributed by atoms with Crippen LogP contribution in [0.2, 0.25) is 0 Å². The van der Waals surface area contributed by atoms with Crippen molar-refractivity contribution >= 4 is 22.5 Å². The van der Waals surface area contributed by atoms with Crippen molar-refractivity contribution in [1.29, 1.82) is 0 Å². The van der Waals surface area contributed by atoms with Crippen LogP contribution in [0.5, 0.6) is 5.75 Å². The highest BCUT2D eigenvalue weighted by atomic mass is 16.5. The number of carbonyl (C=O) groups is 1. The summed E-state index contributed by atoms with van der Waals surface area (Å²) in [5, 5.41) is 0.453. The van der Waals surface area contributed by atoms with E-state index in [0.717, 1.165) is 34.5 Å². The normalized spacial score (nSPS) is 13.3. The van der Waals surface area contributed by atoms with Crippen LogP contribution in [0.1, 0.15) is 21.5 Å². The van der Waals surface area contributed by atoms with E-state index < -0.39 is 0 Å². The molecule has 2 aromatic heterocycles. The summed E-state index contributed by atoms with van der Waals surface area (Å²) in [4.78, 5) is 30.0. The highest BCUT2D eigenvalue weighted by Crippen LogP contribution is 2.33. The molecule has 0 bridgehead atoms. The van der Waals surface area contributed by atoms with Gasteiger partial charge in [-0.1, -0.05) is 0 Å². The number of fused-ring (bicyclic) bond motifs is 2. The molecule has 0 saturated heterocycles. The third-order valence-electron chi connectivity index (χ3n) is 4.86. The van der Waals surface area contributed by atoms with Crippen molar-refractivity contribution in [2.75, 3.05) is 18.6 Å². The van der Waals surface area contributed by atoms with E-state index in [1.807, 2.05) is 36.7 Å². The predicted octanol–water partition coefficient (Wildman–Crippen LogP) is 2.39. The van der Waals surface area contributed by atoms with Crippen LogP contribution >= 0.6 is 0 Å². The number of nitrogens with one attached hydrogen (secondary N) is 1. The summed E-state index contributed by atoms with van der Waals surface area (Å²) >= 11 is 0. The molecule has 0 atom stereocenters. The van der Waals surface area contributed by atoms with Crippen molar-refractivity contribution in [1.82, 2.24) is 9.55 Å². The summed E-state index contributed by atoms with van der Waals surface area (Å²) in [5.74, 6) is 0.635. The van der Waals surface area contributed by atoms with E-state index >= 15 is 0 Å². The monoisotopic (exact) mass is 337 g/mol. The zero-order valence-corrected chi connectivity index (χ0v) is 14.4. The highest BCUT2D eigenvalue weighted by molar-refractivity contribution is 6.15. The number of hydrogen-bond acceptors (Lipinski definition) is 3. The Kier molecular flexibility index (Phi) is 3.42. The summed E-state index contributed by atoms with van der Waals surface area (Å²) in [5.41, 5.74) is 3.89. The Morgan fingerprint density at radius 3 is 2.88 bits per heavy atom. The lowest BCUT2D eigenvalue weighted by atomic mass is 10.1. The quantitative estimate of drug-likeness (QED) is 0.781. The van der Waals surface area contributed by atoms with Gasteiger partial charge in [0.1, 0.15) is 5.75 Å². The van der Waals surface area contributed by atoms with Crippen LogP contribution in [0.3, 0.4) is 0 Å². The molecule has 1 aliphatic rings. The lowest BCUT2D eigenvalue weighted by molar-refractivity contribution is 0.0990. The van der Waals surface area contributed by atoms with Crippen LogP contribution in [-0.4, -0.2) is 29.1 Å². The first-order valence-corrected chi connectivity index (χ1v) is 8.17. The van der Waals surface area contributed by atoms with Gasteiger partial charge in [-0.05, 0) is 42.7 Å². The summed E-state index contributed by atoms with van der Waals surface area (Å²) in [6, 6.07) is 5.72. The van der Waals surface area contributed by atoms with E-state index in [1.165, 1.54) is 0 Å². The van der Waals surface area contributed by atoms with Gasteiger partial charge in [-0.25, -0.2) is 0 Å². The first kappa shape index (κ1) is 15.5. The average molecular weight is 337 g/mol. The first-order valence-electron chi connectivity index (χ1n) is 8.17. The summed E-state index contributed by atoms with van der Waals surface area (Å²) in [6.07, 6.45) is 4.20. The molecule has 0 fully saturated rings. The smallest absolute Gasteiger partial charge is 0.260 e. The van der Waals surface area contributed by atoms with E-state index in [1.54, 1.807) is 24.4 Å². The molecule has 1 N–H and O–H groups in total. The number of anilines is 1. The Balaban J connectivity index is 1.83. The second-order valence-corrected chi connectivity index (χ2v) is 6.38. The molecule has 6 nitrogen and oxygen atoms in total.